The van der Waals surface area contributed by atoms with Gasteiger partial charge in [0.05, 0.1) is 0 Å². The van der Waals surface area contributed by atoms with Gasteiger partial charge in [0, 0.05) is 12.1 Å². The van der Waals surface area contributed by atoms with Crippen molar-refractivity contribution in [2.24, 2.45) is 0 Å². The van der Waals surface area contributed by atoms with E-state index in [2.05, 4.69) is 30.2 Å². The van der Waals surface area contributed by atoms with E-state index in [4.69, 9.17) is 11.6 Å². The van der Waals surface area contributed by atoms with Gasteiger partial charge >= 0.3 is 0 Å². The van der Waals surface area contributed by atoms with Crippen LogP contribution in [0.4, 0.5) is 5.82 Å². The summed E-state index contributed by atoms with van der Waals surface area (Å²) in [5, 5.41) is 3.82. The molecule has 0 radical (unpaired) electrons. The van der Waals surface area contributed by atoms with Crippen molar-refractivity contribution in [2.75, 3.05) is 11.9 Å². The first-order valence-electron chi connectivity index (χ1n) is 4.50. The Kier molecular flexibility index (Phi) is 1.95. The lowest BCUT2D eigenvalue weighted by atomic mass is 9.80. The molecule has 0 bridgehead atoms. The molecule has 0 aromatic carbocycles. The Morgan fingerprint density at radius 1 is 1.46 bits per heavy atom. The van der Waals surface area contributed by atoms with Crippen molar-refractivity contribution in [3.63, 3.8) is 0 Å². The van der Waals surface area contributed by atoms with E-state index in [9.17, 15) is 0 Å². The molecule has 1 aromatic rings. The third-order valence-electron chi connectivity index (χ3n) is 2.63. The van der Waals surface area contributed by atoms with Gasteiger partial charge in [0.2, 0.25) is 0 Å². The number of fused-ring (bicyclic) bond motifs is 1. The van der Waals surface area contributed by atoms with Crippen molar-refractivity contribution in [3.05, 3.63) is 22.8 Å². The van der Waals surface area contributed by atoms with Crippen LogP contribution in [0, 0.1) is 0 Å². The molecule has 0 spiro atoms. The normalized spacial score (nSPS) is 19.0. The first-order valence-corrected chi connectivity index (χ1v) is 4.88. The molecule has 3 heteroatoms. The van der Waals surface area contributed by atoms with E-state index in [-0.39, 0.29) is 5.41 Å². The number of nitrogens with zero attached hydrogens (tertiary/aromatic N) is 1. The molecule has 2 rings (SSSR count). The molecule has 0 saturated heterocycles. The molecule has 1 aliphatic heterocycles. The molecule has 0 unspecified atom stereocenters. The molecule has 1 aliphatic rings. The fourth-order valence-electron chi connectivity index (χ4n) is 1.74. The Hall–Kier alpha value is -0.760. The summed E-state index contributed by atoms with van der Waals surface area (Å²) in [6, 6.07) is 3.92. The Labute approximate surface area is 83.3 Å². The van der Waals surface area contributed by atoms with Crippen LogP contribution in [-0.2, 0) is 5.41 Å². The van der Waals surface area contributed by atoms with Gasteiger partial charge in [0.1, 0.15) is 11.0 Å². The Bertz CT molecular complexity index is 334. The van der Waals surface area contributed by atoms with Crippen molar-refractivity contribution in [3.8, 4) is 0 Å². The van der Waals surface area contributed by atoms with Gasteiger partial charge in [0.15, 0.2) is 0 Å². The van der Waals surface area contributed by atoms with Gasteiger partial charge in [-0.2, -0.15) is 0 Å². The zero-order valence-electron chi connectivity index (χ0n) is 7.89. The van der Waals surface area contributed by atoms with Crippen LogP contribution in [0.5, 0.6) is 0 Å². The van der Waals surface area contributed by atoms with Gasteiger partial charge in [-0.25, -0.2) is 4.98 Å². The minimum absolute atomic E-state index is 0.220. The van der Waals surface area contributed by atoms with Gasteiger partial charge in [0.25, 0.3) is 0 Å². The average Bonchev–Trinajstić information content (AvgIpc) is 2.02. The highest BCUT2D eigenvalue weighted by atomic mass is 35.5. The summed E-state index contributed by atoms with van der Waals surface area (Å²) in [6.07, 6.45) is 1.14. The van der Waals surface area contributed by atoms with Crippen LogP contribution in [-0.4, -0.2) is 11.5 Å². The zero-order chi connectivity index (χ0) is 9.47. The van der Waals surface area contributed by atoms with E-state index in [0.717, 1.165) is 18.8 Å². The second-order valence-corrected chi connectivity index (χ2v) is 4.48. The molecule has 0 amide bonds. The third-order valence-corrected chi connectivity index (χ3v) is 2.84. The highest BCUT2D eigenvalue weighted by Gasteiger charge is 2.27. The number of hydrogen-bond acceptors (Lipinski definition) is 2. The zero-order valence-corrected chi connectivity index (χ0v) is 8.65. The molecule has 0 atom stereocenters. The number of nitrogens with one attached hydrogen (secondary N) is 1. The largest absolute Gasteiger partial charge is 0.370 e. The molecule has 2 nitrogen and oxygen atoms in total. The minimum atomic E-state index is 0.220. The molecule has 1 N–H and O–H groups in total. The predicted octanol–water partition coefficient (Wildman–Crippen LogP) is 2.83. The number of hydrogen-bond donors (Lipinski definition) is 1. The summed E-state index contributed by atoms with van der Waals surface area (Å²) in [4.78, 5) is 4.26. The number of rotatable bonds is 0. The SMILES string of the molecule is CC1(C)CCNc2nc(Cl)ccc21. The second-order valence-electron chi connectivity index (χ2n) is 4.09. The monoisotopic (exact) mass is 196 g/mol. The molecule has 13 heavy (non-hydrogen) atoms. The van der Waals surface area contributed by atoms with E-state index in [1.165, 1.54) is 5.56 Å². The summed E-state index contributed by atoms with van der Waals surface area (Å²) in [7, 11) is 0. The first-order chi connectivity index (χ1) is 6.09. The van der Waals surface area contributed by atoms with E-state index in [1.54, 1.807) is 0 Å². The number of anilines is 1. The standard InChI is InChI=1S/C10H13ClN2/c1-10(2)5-6-12-9-7(10)3-4-8(11)13-9/h3-4H,5-6H2,1-2H3,(H,12,13). The Morgan fingerprint density at radius 3 is 3.00 bits per heavy atom. The predicted molar refractivity (Wildman–Crippen MR) is 55.4 cm³/mol. The van der Waals surface area contributed by atoms with Crippen LogP contribution in [0.3, 0.4) is 0 Å². The molecular weight excluding hydrogens is 184 g/mol. The van der Waals surface area contributed by atoms with Crippen LogP contribution in [0.25, 0.3) is 0 Å². The fraction of sp³-hybridized carbons (Fsp3) is 0.500. The topological polar surface area (TPSA) is 24.9 Å². The van der Waals surface area contributed by atoms with Crippen LogP contribution in [0.15, 0.2) is 12.1 Å². The van der Waals surface area contributed by atoms with Crippen LogP contribution in [0.2, 0.25) is 5.15 Å². The second kappa shape index (κ2) is 2.88. The van der Waals surface area contributed by atoms with Gasteiger partial charge < -0.3 is 5.32 Å². The van der Waals surface area contributed by atoms with Crippen molar-refractivity contribution in [2.45, 2.75) is 25.7 Å². The van der Waals surface area contributed by atoms with Gasteiger partial charge in [-0.15, -0.1) is 0 Å². The molecular formula is C10H13ClN2. The number of halogens is 1. The maximum Gasteiger partial charge on any atom is 0.131 e. The minimum Gasteiger partial charge on any atom is -0.370 e. The van der Waals surface area contributed by atoms with Crippen LogP contribution in [0.1, 0.15) is 25.8 Å². The average molecular weight is 197 g/mol. The molecule has 70 valence electrons. The maximum atomic E-state index is 5.82. The molecule has 1 aromatic heterocycles. The lowest BCUT2D eigenvalue weighted by molar-refractivity contribution is 0.479. The lowest BCUT2D eigenvalue weighted by Gasteiger charge is -2.32. The van der Waals surface area contributed by atoms with E-state index in [0.29, 0.717) is 5.15 Å². The third kappa shape index (κ3) is 1.51. The van der Waals surface area contributed by atoms with Gasteiger partial charge in [-0.1, -0.05) is 31.5 Å². The highest BCUT2D eigenvalue weighted by Crippen LogP contribution is 2.35. The fourth-order valence-corrected chi connectivity index (χ4v) is 1.89. The summed E-state index contributed by atoms with van der Waals surface area (Å²) in [6.45, 7) is 5.46. The lowest BCUT2D eigenvalue weighted by Crippen LogP contribution is -2.28. The van der Waals surface area contributed by atoms with Crippen molar-refractivity contribution < 1.29 is 0 Å². The number of pyridine rings is 1. The Morgan fingerprint density at radius 2 is 2.23 bits per heavy atom. The summed E-state index contributed by atoms with van der Waals surface area (Å²) in [5.74, 6) is 0.948. The van der Waals surface area contributed by atoms with Crippen LogP contribution < -0.4 is 5.32 Å². The Balaban J connectivity index is 2.53. The summed E-state index contributed by atoms with van der Waals surface area (Å²) in [5.41, 5.74) is 1.49. The van der Waals surface area contributed by atoms with E-state index < -0.39 is 0 Å². The summed E-state index contributed by atoms with van der Waals surface area (Å²) < 4.78 is 0. The van der Waals surface area contributed by atoms with Gasteiger partial charge in [-0.05, 0) is 17.9 Å². The van der Waals surface area contributed by atoms with Crippen LogP contribution >= 0.6 is 11.6 Å². The molecule has 0 aliphatic carbocycles. The quantitative estimate of drug-likeness (QED) is 0.646. The first kappa shape index (κ1) is 8.82. The van der Waals surface area contributed by atoms with Gasteiger partial charge in [-0.3, -0.25) is 0 Å². The smallest absolute Gasteiger partial charge is 0.131 e. The van der Waals surface area contributed by atoms with E-state index in [1.807, 2.05) is 6.07 Å². The molecule has 0 saturated carbocycles. The van der Waals surface area contributed by atoms with Crippen molar-refractivity contribution in [1.82, 2.24) is 4.98 Å². The molecule has 0 fully saturated rings. The van der Waals surface area contributed by atoms with Crippen molar-refractivity contribution >= 4 is 17.4 Å². The summed E-state index contributed by atoms with van der Waals surface area (Å²) >= 11 is 5.82. The van der Waals surface area contributed by atoms with E-state index >= 15 is 0 Å². The highest BCUT2D eigenvalue weighted by molar-refractivity contribution is 6.29. The molecule has 2 heterocycles. The van der Waals surface area contributed by atoms with Crippen molar-refractivity contribution in [1.29, 1.82) is 0 Å². The number of aromatic nitrogens is 1. The maximum absolute atomic E-state index is 5.82.